The number of anilines is 1. The lowest BCUT2D eigenvalue weighted by Crippen LogP contribution is -2.29. The minimum Gasteiger partial charge on any atom is -0.376 e. The van der Waals surface area contributed by atoms with E-state index in [2.05, 4.69) is 42.3 Å². The van der Waals surface area contributed by atoms with Crippen LogP contribution in [0.15, 0.2) is 18.2 Å². The number of nitrogens with one attached hydrogen (secondary N) is 1. The van der Waals surface area contributed by atoms with E-state index in [9.17, 15) is 0 Å². The number of fused-ring (bicyclic) bond motifs is 1. The molecule has 1 aromatic carbocycles. The Balaban J connectivity index is 1.80. The number of nitrogens with zero attached hydrogens (tertiary/aromatic N) is 1. The number of hydrogen-bond acceptors (Lipinski definition) is 4. The second kappa shape index (κ2) is 4.86. The van der Waals surface area contributed by atoms with Crippen molar-refractivity contribution in [1.29, 1.82) is 0 Å². The van der Waals surface area contributed by atoms with Crippen molar-refractivity contribution in [2.75, 3.05) is 11.9 Å². The van der Waals surface area contributed by atoms with Gasteiger partial charge in [0.25, 0.3) is 0 Å². The highest BCUT2D eigenvalue weighted by Gasteiger charge is 2.23. The van der Waals surface area contributed by atoms with Crippen LogP contribution in [0, 0.1) is 6.92 Å². The molecule has 1 aliphatic rings. The van der Waals surface area contributed by atoms with Crippen LogP contribution < -0.4 is 5.32 Å². The molecule has 0 bridgehead atoms. The first-order valence-corrected chi connectivity index (χ1v) is 7.30. The zero-order valence-corrected chi connectivity index (χ0v) is 11.6. The van der Waals surface area contributed by atoms with Crippen molar-refractivity contribution < 1.29 is 4.74 Å². The molecule has 1 aliphatic heterocycles. The molecule has 18 heavy (non-hydrogen) atoms. The third-order valence-corrected chi connectivity index (χ3v) is 4.45. The molecule has 2 aromatic rings. The Morgan fingerprint density at radius 2 is 2.39 bits per heavy atom. The van der Waals surface area contributed by atoms with Crippen molar-refractivity contribution in [3.8, 4) is 0 Å². The van der Waals surface area contributed by atoms with Crippen LogP contribution in [0.4, 0.5) is 5.13 Å². The van der Waals surface area contributed by atoms with Crippen molar-refractivity contribution in [2.45, 2.75) is 38.8 Å². The summed E-state index contributed by atoms with van der Waals surface area (Å²) in [6.45, 7) is 5.18. The third kappa shape index (κ3) is 2.22. The molecule has 1 fully saturated rings. The molecule has 0 amide bonds. The maximum Gasteiger partial charge on any atom is 0.184 e. The van der Waals surface area contributed by atoms with Crippen molar-refractivity contribution in [1.82, 2.24) is 4.98 Å². The zero-order chi connectivity index (χ0) is 12.5. The minimum absolute atomic E-state index is 0.327. The smallest absolute Gasteiger partial charge is 0.184 e. The van der Waals surface area contributed by atoms with Gasteiger partial charge in [0.05, 0.1) is 22.4 Å². The van der Waals surface area contributed by atoms with Crippen LogP contribution in [0.1, 0.15) is 25.3 Å². The first-order chi connectivity index (χ1) is 8.74. The lowest BCUT2D eigenvalue weighted by molar-refractivity contribution is 0.0996. The third-order valence-electron chi connectivity index (χ3n) is 3.49. The Hall–Kier alpha value is -1.13. The molecule has 0 radical (unpaired) electrons. The average Bonchev–Trinajstić information content (AvgIpc) is 2.97. The highest BCUT2D eigenvalue weighted by atomic mass is 32.1. The first kappa shape index (κ1) is 11.9. The van der Waals surface area contributed by atoms with Gasteiger partial charge in [0.15, 0.2) is 5.13 Å². The number of ether oxygens (including phenoxy) is 1. The van der Waals surface area contributed by atoms with E-state index in [1.165, 1.54) is 16.7 Å². The van der Waals surface area contributed by atoms with E-state index in [4.69, 9.17) is 4.74 Å². The molecule has 2 heterocycles. The predicted molar refractivity (Wildman–Crippen MR) is 76.4 cm³/mol. The number of benzene rings is 1. The highest BCUT2D eigenvalue weighted by molar-refractivity contribution is 7.22. The van der Waals surface area contributed by atoms with Crippen LogP contribution in [0.2, 0.25) is 0 Å². The molecule has 0 spiro atoms. The molecule has 0 saturated carbocycles. The van der Waals surface area contributed by atoms with E-state index in [-0.39, 0.29) is 0 Å². The molecule has 1 saturated heterocycles. The topological polar surface area (TPSA) is 34.1 Å². The summed E-state index contributed by atoms with van der Waals surface area (Å²) in [5.41, 5.74) is 2.35. The van der Waals surface area contributed by atoms with Gasteiger partial charge in [-0.15, -0.1) is 0 Å². The SMILES string of the molecule is Cc1cccc2sc(NC(C)C3CCCO3)nc12. The fourth-order valence-electron chi connectivity index (χ4n) is 2.43. The van der Waals surface area contributed by atoms with Gasteiger partial charge in [0.1, 0.15) is 0 Å². The van der Waals surface area contributed by atoms with Crippen molar-refractivity contribution in [2.24, 2.45) is 0 Å². The number of hydrogen-bond donors (Lipinski definition) is 1. The van der Waals surface area contributed by atoms with Crippen molar-refractivity contribution >= 4 is 26.7 Å². The minimum atomic E-state index is 0.327. The molecule has 0 aliphatic carbocycles. The lowest BCUT2D eigenvalue weighted by Gasteiger charge is -2.19. The molecule has 3 rings (SSSR count). The molecule has 96 valence electrons. The van der Waals surface area contributed by atoms with Gasteiger partial charge >= 0.3 is 0 Å². The largest absolute Gasteiger partial charge is 0.376 e. The molecule has 2 unspecified atom stereocenters. The lowest BCUT2D eigenvalue weighted by atomic mass is 10.1. The Bertz CT molecular complexity index is 546. The van der Waals surface area contributed by atoms with Crippen LogP contribution in [-0.2, 0) is 4.74 Å². The molecule has 2 atom stereocenters. The van der Waals surface area contributed by atoms with E-state index in [1.54, 1.807) is 11.3 Å². The van der Waals surface area contributed by atoms with Gasteiger partial charge in [-0.1, -0.05) is 23.5 Å². The predicted octanol–water partition coefficient (Wildman–Crippen LogP) is 3.58. The van der Waals surface area contributed by atoms with Crippen molar-refractivity contribution in [3.63, 3.8) is 0 Å². The number of thiazole rings is 1. The average molecular weight is 262 g/mol. The van der Waals surface area contributed by atoms with Crippen LogP contribution in [0.25, 0.3) is 10.2 Å². The van der Waals surface area contributed by atoms with Gasteiger partial charge < -0.3 is 10.1 Å². The van der Waals surface area contributed by atoms with Gasteiger partial charge in [-0.3, -0.25) is 0 Å². The summed E-state index contributed by atoms with van der Waals surface area (Å²) in [4.78, 5) is 4.68. The summed E-state index contributed by atoms with van der Waals surface area (Å²) in [6, 6.07) is 6.65. The molecule has 3 nitrogen and oxygen atoms in total. The van der Waals surface area contributed by atoms with E-state index in [1.807, 2.05) is 0 Å². The summed E-state index contributed by atoms with van der Waals surface area (Å²) >= 11 is 1.72. The monoisotopic (exact) mass is 262 g/mol. The first-order valence-electron chi connectivity index (χ1n) is 6.48. The Morgan fingerprint density at radius 1 is 1.50 bits per heavy atom. The summed E-state index contributed by atoms with van der Waals surface area (Å²) in [6.07, 6.45) is 2.66. The van der Waals surface area contributed by atoms with Crippen LogP contribution in [0.5, 0.6) is 0 Å². The van der Waals surface area contributed by atoms with E-state index in [0.717, 1.165) is 23.7 Å². The normalized spacial score (nSPS) is 21.3. The number of para-hydroxylation sites is 1. The number of aryl methyl sites for hydroxylation is 1. The van der Waals surface area contributed by atoms with Crippen LogP contribution in [-0.4, -0.2) is 23.7 Å². The second-order valence-corrected chi connectivity index (χ2v) is 5.96. The summed E-state index contributed by atoms with van der Waals surface area (Å²) in [5.74, 6) is 0. The zero-order valence-electron chi connectivity index (χ0n) is 10.8. The highest BCUT2D eigenvalue weighted by Crippen LogP contribution is 2.29. The fourth-order valence-corrected chi connectivity index (χ4v) is 3.47. The van der Waals surface area contributed by atoms with Gasteiger partial charge in [-0.2, -0.15) is 0 Å². The Kier molecular flexibility index (Phi) is 3.22. The number of rotatable bonds is 3. The molecule has 1 N–H and O–H groups in total. The van der Waals surface area contributed by atoms with Gasteiger partial charge in [-0.05, 0) is 38.3 Å². The van der Waals surface area contributed by atoms with Crippen LogP contribution in [0.3, 0.4) is 0 Å². The standard InChI is InChI=1S/C14H18N2OS/c1-9-5-3-7-12-13(9)16-14(18-12)15-10(2)11-6-4-8-17-11/h3,5,7,10-11H,4,6,8H2,1-2H3,(H,15,16). The summed E-state index contributed by atoms with van der Waals surface area (Å²) < 4.78 is 6.95. The van der Waals surface area contributed by atoms with Gasteiger partial charge in [-0.25, -0.2) is 4.98 Å². The van der Waals surface area contributed by atoms with E-state index in [0.29, 0.717) is 12.1 Å². The maximum atomic E-state index is 5.70. The molecular formula is C14H18N2OS. The van der Waals surface area contributed by atoms with Gasteiger partial charge in [0.2, 0.25) is 0 Å². The quantitative estimate of drug-likeness (QED) is 0.918. The fraction of sp³-hybridized carbons (Fsp3) is 0.500. The Labute approximate surface area is 111 Å². The molecule has 1 aromatic heterocycles. The molecular weight excluding hydrogens is 244 g/mol. The number of aromatic nitrogens is 1. The van der Waals surface area contributed by atoms with E-state index < -0.39 is 0 Å². The molecule has 4 heteroatoms. The van der Waals surface area contributed by atoms with Crippen molar-refractivity contribution in [3.05, 3.63) is 23.8 Å². The summed E-state index contributed by atoms with van der Waals surface area (Å²) in [5, 5.41) is 4.49. The van der Waals surface area contributed by atoms with Crippen LogP contribution >= 0.6 is 11.3 Å². The van der Waals surface area contributed by atoms with Gasteiger partial charge in [0, 0.05) is 6.61 Å². The Morgan fingerprint density at radius 3 is 3.11 bits per heavy atom. The maximum absolute atomic E-state index is 5.70. The van der Waals surface area contributed by atoms with E-state index >= 15 is 0 Å². The second-order valence-electron chi connectivity index (χ2n) is 4.93. The summed E-state index contributed by atoms with van der Waals surface area (Å²) in [7, 11) is 0.